The van der Waals surface area contributed by atoms with Gasteiger partial charge in [0.05, 0.1) is 10.1 Å². The molecule has 5 nitrogen and oxygen atoms in total. The number of aryl methyl sites for hydroxylation is 1. The Hall–Kier alpha value is -0.700. The topological polar surface area (TPSA) is 64.0 Å². The summed E-state index contributed by atoms with van der Waals surface area (Å²) in [4.78, 5) is 3.97. The number of nitrogens with zero attached hydrogens (tertiary/aromatic N) is 2. The fourth-order valence-electron chi connectivity index (χ4n) is 1.73. The van der Waals surface area contributed by atoms with Crippen LogP contribution in [0, 0.1) is 0 Å². The highest BCUT2D eigenvalue weighted by molar-refractivity contribution is 9.11. The summed E-state index contributed by atoms with van der Waals surface area (Å²) in [6.07, 6.45) is 8.31. The number of sulfonamides is 1. The number of halogens is 1. The Morgan fingerprint density at radius 3 is 2.80 bits per heavy atom. The van der Waals surface area contributed by atoms with Crippen molar-refractivity contribution in [1.82, 2.24) is 14.3 Å². The van der Waals surface area contributed by atoms with Crippen molar-refractivity contribution in [2.75, 3.05) is 6.54 Å². The Balaban J connectivity index is 1.65. The molecule has 0 amide bonds. The molecular formula is C12H16BrN3O2S2. The third-order valence-corrected chi connectivity index (χ3v) is 6.33. The summed E-state index contributed by atoms with van der Waals surface area (Å²) < 4.78 is 29.7. The Bertz CT molecular complexity index is 623. The molecule has 0 spiro atoms. The van der Waals surface area contributed by atoms with Crippen molar-refractivity contribution in [1.29, 1.82) is 0 Å². The molecule has 0 saturated carbocycles. The van der Waals surface area contributed by atoms with E-state index in [0.717, 1.165) is 29.6 Å². The van der Waals surface area contributed by atoms with Crippen LogP contribution in [0.5, 0.6) is 0 Å². The molecule has 0 aliphatic heterocycles. The maximum Gasteiger partial charge on any atom is 0.250 e. The fourth-order valence-corrected chi connectivity index (χ4v) is 4.86. The lowest BCUT2D eigenvalue weighted by atomic mass is 10.2. The molecule has 0 radical (unpaired) electrons. The van der Waals surface area contributed by atoms with E-state index in [1.54, 1.807) is 24.7 Å². The van der Waals surface area contributed by atoms with Crippen LogP contribution in [0.1, 0.15) is 19.3 Å². The van der Waals surface area contributed by atoms with Crippen molar-refractivity contribution in [2.45, 2.75) is 30.0 Å². The van der Waals surface area contributed by atoms with Crippen LogP contribution in [-0.4, -0.2) is 24.5 Å². The summed E-state index contributed by atoms with van der Waals surface area (Å²) >= 11 is 4.48. The zero-order chi connectivity index (χ0) is 14.4. The number of imidazole rings is 1. The minimum Gasteiger partial charge on any atom is -0.337 e. The third kappa shape index (κ3) is 4.69. The normalized spacial score (nSPS) is 11.8. The van der Waals surface area contributed by atoms with Crippen LogP contribution in [-0.2, 0) is 16.6 Å². The highest BCUT2D eigenvalue weighted by Crippen LogP contribution is 2.25. The standard InChI is InChI=1S/C12H16BrN3O2S2/c13-11-4-5-12(19-11)20(17,18)15-6-2-1-3-8-16-9-7-14-10-16/h4-5,7,9-10,15H,1-3,6,8H2. The molecule has 20 heavy (non-hydrogen) atoms. The summed E-state index contributed by atoms with van der Waals surface area (Å²) in [5.74, 6) is 0. The Morgan fingerprint density at radius 1 is 1.30 bits per heavy atom. The van der Waals surface area contributed by atoms with Crippen LogP contribution in [0.25, 0.3) is 0 Å². The number of thiophene rings is 1. The van der Waals surface area contributed by atoms with Gasteiger partial charge in [-0.2, -0.15) is 0 Å². The van der Waals surface area contributed by atoms with Crippen molar-refractivity contribution in [3.8, 4) is 0 Å². The van der Waals surface area contributed by atoms with Gasteiger partial charge in [0.15, 0.2) is 0 Å². The highest BCUT2D eigenvalue weighted by atomic mass is 79.9. The molecule has 2 aromatic heterocycles. The first kappa shape index (κ1) is 15.7. The van der Waals surface area contributed by atoms with Gasteiger partial charge in [0, 0.05) is 25.5 Å². The summed E-state index contributed by atoms with van der Waals surface area (Å²) in [6.45, 7) is 1.40. The fraction of sp³-hybridized carbons (Fsp3) is 0.417. The lowest BCUT2D eigenvalue weighted by Gasteiger charge is -2.05. The Labute approximate surface area is 131 Å². The average Bonchev–Trinajstić information content (AvgIpc) is 3.05. The van der Waals surface area contributed by atoms with E-state index in [9.17, 15) is 8.42 Å². The highest BCUT2D eigenvalue weighted by Gasteiger charge is 2.15. The van der Waals surface area contributed by atoms with Gasteiger partial charge < -0.3 is 4.57 Å². The van der Waals surface area contributed by atoms with Crippen LogP contribution in [0.2, 0.25) is 0 Å². The van der Waals surface area contributed by atoms with Crippen molar-refractivity contribution < 1.29 is 8.42 Å². The van der Waals surface area contributed by atoms with E-state index in [1.165, 1.54) is 11.3 Å². The molecule has 0 saturated heterocycles. The second-order valence-corrected chi connectivity index (χ2v) is 8.77. The van der Waals surface area contributed by atoms with Crippen LogP contribution < -0.4 is 4.72 Å². The van der Waals surface area contributed by atoms with Gasteiger partial charge in [0.2, 0.25) is 10.0 Å². The van der Waals surface area contributed by atoms with Crippen LogP contribution >= 0.6 is 27.3 Å². The average molecular weight is 378 g/mol. The summed E-state index contributed by atoms with van der Waals surface area (Å²) in [5, 5.41) is 0. The first-order valence-electron chi connectivity index (χ1n) is 6.29. The molecule has 110 valence electrons. The molecule has 0 unspecified atom stereocenters. The van der Waals surface area contributed by atoms with Gasteiger partial charge in [-0.25, -0.2) is 18.1 Å². The van der Waals surface area contributed by atoms with E-state index in [1.807, 2.05) is 10.8 Å². The zero-order valence-electron chi connectivity index (χ0n) is 10.8. The van der Waals surface area contributed by atoms with Gasteiger partial charge in [0.25, 0.3) is 0 Å². The maximum absolute atomic E-state index is 11.9. The van der Waals surface area contributed by atoms with E-state index < -0.39 is 10.0 Å². The zero-order valence-corrected chi connectivity index (χ0v) is 14.0. The molecule has 0 bridgehead atoms. The SMILES string of the molecule is O=S(=O)(NCCCCCn1ccnc1)c1ccc(Br)s1. The first-order valence-corrected chi connectivity index (χ1v) is 9.38. The molecule has 2 heterocycles. The predicted octanol–water partition coefficient (Wildman–Crippen LogP) is 2.86. The van der Waals surface area contributed by atoms with Gasteiger partial charge >= 0.3 is 0 Å². The lowest BCUT2D eigenvalue weighted by Crippen LogP contribution is -2.24. The monoisotopic (exact) mass is 377 g/mol. The molecule has 0 aliphatic carbocycles. The van der Waals surface area contributed by atoms with Gasteiger partial charge in [0.1, 0.15) is 4.21 Å². The molecule has 2 aromatic rings. The maximum atomic E-state index is 11.9. The van der Waals surface area contributed by atoms with E-state index in [2.05, 4.69) is 25.6 Å². The van der Waals surface area contributed by atoms with Crippen LogP contribution in [0.4, 0.5) is 0 Å². The second-order valence-electron chi connectivity index (χ2n) is 4.32. The van der Waals surface area contributed by atoms with E-state index in [-0.39, 0.29) is 0 Å². The van der Waals surface area contributed by atoms with E-state index in [4.69, 9.17) is 0 Å². The molecule has 0 fully saturated rings. The number of nitrogens with one attached hydrogen (secondary N) is 1. The lowest BCUT2D eigenvalue weighted by molar-refractivity contribution is 0.563. The largest absolute Gasteiger partial charge is 0.337 e. The minimum absolute atomic E-state index is 0.350. The van der Waals surface area contributed by atoms with Crippen molar-refractivity contribution in [2.24, 2.45) is 0 Å². The molecule has 0 aromatic carbocycles. The van der Waals surface area contributed by atoms with Gasteiger partial charge in [-0.05, 0) is 40.9 Å². The molecular weight excluding hydrogens is 362 g/mol. The van der Waals surface area contributed by atoms with Crippen molar-refractivity contribution >= 4 is 37.3 Å². The number of rotatable bonds is 8. The molecule has 2 rings (SSSR count). The van der Waals surface area contributed by atoms with Gasteiger partial charge in [-0.1, -0.05) is 6.42 Å². The summed E-state index contributed by atoms with van der Waals surface area (Å²) in [7, 11) is -3.35. The van der Waals surface area contributed by atoms with Crippen molar-refractivity contribution in [3.63, 3.8) is 0 Å². The van der Waals surface area contributed by atoms with Crippen LogP contribution in [0.15, 0.2) is 38.8 Å². The van der Waals surface area contributed by atoms with E-state index in [0.29, 0.717) is 10.8 Å². The quantitative estimate of drug-likeness (QED) is 0.719. The smallest absolute Gasteiger partial charge is 0.250 e. The first-order chi connectivity index (χ1) is 9.58. The van der Waals surface area contributed by atoms with Gasteiger partial charge in [-0.3, -0.25) is 0 Å². The number of aromatic nitrogens is 2. The predicted molar refractivity (Wildman–Crippen MR) is 83.3 cm³/mol. The summed E-state index contributed by atoms with van der Waals surface area (Å²) in [6, 6.07) is 3.35. The van der Waals surface area contributed by atoms with E-state index >= 15 is 0 Å². The molecule has 8 heteroatoms. The van der Waals surface area contributed by atoms with Crippen LogP contribution in [0.3, 0.4) is 0 Å². The van der Waals surface area contributed by atoms with Crippen molar-refractivity contribution in [3.05, 3.63) is 34.6 Å². The minimum atomic E-state index is -3.35. The Kier molecular flexibility index (Phi) is 5.76. The second kappa shape index (κ2) is 7.35. The number of unbranched alkanes of at least 4 members (excludes halogenated alkanes) is 2. The Morgan fingerprint density at radius 2 is 2.15 bits per heavy atom. The molecule has 1 N–H and O–H groups in total. The molecule has 0 atom stereocenters. The third-order valence-electron chi connectivity index (χ3n) is 2.76. The van der Waals surface area contributed by atoms with Gasteiger partial charge in [-0.15, -0.1) is 11.3 Å². The summed E-state index contributed by atoms with van der Waals surface area (Å²) in [5.41, 5.74) is 0. The number of hydrogen-bond acceptors (Lipinski definition) is 4. The number of hydrogen-bond donors (Lipinski definition) is 1. The molecule has 0 aliphatic rings.